The van der Waals surface area contributed by atoms with Crippen molar-refractivity contribution in [2.45, 2.75) is 18.9 Å². The van der Waals surface area contributed by atoms with Crippen LogP contribution in [0.2, 0.25) is 0 Å². The first-order valence-corrected chi connectivity index (χ1v) is 4.06. The lowest BCUT2D eigenvalue weighted by Gasteiger charge is -2.23. The highest BCUT2D eigenvalue weighted by atomic mass is 19.3. The van der Waals surface area contributed by atoms with Crippen LogP contribution in [0.4, 0.5) is 8.78 Å². The van der Waals surface area contributed by atoms with Gasteiger partial charge in [0.25, 0.3) is 6.43 Å². The number of alkyl halides is 2. The van der Waals surface area contributed by atoms with E-state index in [1.54, 1.807) is 0 Å². The van der Waals surface area contributed by atoms with Crippen molar-refractivity contribution in [3.63, 3.8) is 0 Å². The molecule has 1 atom stereocenters. The second kappa shape index (κ2) is 3.88. The average Bonchev–Trinajstić information content (AvgIpc) is 2.17. The lowest BCUT2D eigenvalue weighted by molar-refractivity contribution is 0.0623. The number of aromatic nitrogens is 1. The van der Waals surface area contributed by atoms with E-state index < -0.39 is 12.0 Å². The maximum absolute atomic E-state index is 12.5. The molecule has 0 aliphatic carbocycles. The minimum Gasteiger partial charge on any atom is -0.481 e. The van der Waals surface area contributed by atoms with Gasteiger partial charge in [0, 0.05) is 12.3 Å². The molecular formula is C9H12F2N2O. The number of halogens is 2. The Morgan fingerprint density at radius 2 is 2.14 bits per heavy atom. The van der Waals surface area contributed by atoms with Crippen molar-refractivity contribution in [1.29, 1.82) is 0 Å². The molecule has 0 saturated carbocycles. The molecule has 1 aromatic heterocycles. The zero-order chi connectivity index (χ0) is 10.8. The van der Waals surface area contributed by atoms with E-state index in [1.165, 1.54) is 32.4 Å². The number of nitrogens with zero attached hydrogens (tertiary/aromatic N) is 1. The molecule has 3 nitrogen and oxygen atoms in total. The van der Waals surface area contributed by atoms with Crippen LogP contribution in [0, 0.1) is 0 Å². The third-order valence-electron chi connectivity index (χ3n) is 2.02. The number of ether oxygens (including phenoxy) is 1. The molecule has 0 aromatic carbocycles. The number of rotatable bonds is 3. The predicted molar refractivity (Wildman–Crippen MR) is 48.3 cm³/mol. The largest absolute Gasteiger partial charge is 0.481 e. The molecule has 2 N–H and O–H groups in total. The predicted octanol–water partition coefficient (Wildman–Crippen LogP) is 1.53. The van der Waals surface area contributed by atoms with Gasteiger partial charge in [0.15, 0.2) is 0 Å². The molecule has 0 fully saturated rings. The van der Waals surface area contributed by atoms with E-state index in [-0.39, 0.29) is 5.56 Å². The van der Waals surface area contributed by atoms with Crippen LogP contribution in [0.5, 0.6) is 5.88 Å². The summed E-state index contributed by atoms with van der Waals surface area (Å²) in [6, 6.07) is 2.99. The Labute approximate surface area is 80.9 Å². The van der Waals surface area contributed by atoms with E-state index in [0.717, 1.165) is 0 Å². The lowest BCUT2D eigenvalue weighted by Crippen LogP contribution is -2.40. The Kier molecular flexibility index (Phi) is 3.00. The minimum absolute atomic E-state index is 0.285. The van der Waals surface area contributed by atoms with Crippen LogP contribution in [-0.2, 0) is 5.54 Å². The fourth-order valence-electron chi connectivity index (χ4n) is 0.946. The van der Waals surface area contributed by atoms with Crippen molar-refractivity contribution >= 4 is 0 Å². The van der Waals surface area contributed by atoms with Crippen molar-refractivity contribution < 1.29 is 13.5 Å². The number of hydrogen-bond acceptors (Lipinski definition) is 3. The molecule has 14 heavy (non-hydrogen) atoms. The molecule has 1 unspecified atom stereocenters. The van der Waals surface area contributed by atoms with E-state index in [9.17, 15) is 8.78 Å². The van der Waals surface area contributed by atoms with Crippen molar-refractivity contribution in [3.05, 3.63) is 23.9 Å². The summed E-state index contributed by atoms with van der Waals surface area (Å²) in [6.45, 7) is 1.27. The Balaban J connectivity index is 2.97. The molecule has 1 aromatic rings. The standard InChI is InChI=1S/C9H12F2N2O/c1-9(12,8(10)11)6-3-4-7(14-2)13-5-6/h3-5,8H,12H2,1-2H3. The molecule has 1 heterocycles. The molecule has 5 heteroatoms. The second-order valence-electron chi connectivity index (χ2n) is 3.17. The third kappa shape index (κ3) is 1.98. The average molecular weight is 202 g/mol. The molecule has 0 spiro atoms. The zero-order valence-corrected chi connectivity index (χ0v) is 8.00. The number of nitrogens with two attached hydrogens (primary N) is 1. The summed E-state index contributed by atoms with van der Waals surface area (Å²) < 4.78 is 29.8. The second-order valence-corrected chi connectivity index (χ2v) is 3.17. The zero-order valence-electron chi connectivity index (χ0n) is 8.00. The molecule has 0 aliphatic heterocycles. The van der Waals surface area contributed by atoms with Gasteiger partial charge in [-0.05, 0) is 12.5 Å². The van der Waals surface area contributed by atoms with E-state index in [4.69, 9.17) is 10.5 Å². The molecule has 0 aliphatic rings. The molecule has 0 bridgehead atoms. The Bertz CT molecular complexity index is 298. The van der Waals surface area contributed by atoms with Crippen LogP contribution in [0.25, 0.3) is 0 Å². The van der Waals surface area contributed by atoms with Gasteiger partial charge in [-0.2, -0.15) is 0 Å². The van der Waals surface area contributed by atoms with Gasteiger partial charge in [0.1, 0.15) is 5.54 Å². The van der Waals surface area contributed by atoms with E-state index >= 15 is 0 Å². The van der Waals surface area contributed by atoms with Crippen LogP contribution >= 0.6 is 0 Å². The fraction of sp³-hybridized carbons (Fsp3) is 0.444. The van der Waals surface area contributed by atoms with Crippen molar-refractivity contribution in [2.24, 2.45) is 5.73 Å². The van der Waals surface area contributed by atoms with Crippen LogP contribution in [0.1, 0.15) is 12.5 Å². The highest BCUT2D eigenvalue weighted by Crippen LogP contribution is 2.25. The minimum atomic E-state index is -2.63. The van der Waals surface area contributed by atoms with E-state index in [0.29, 0.717) is 5.88 Å². The first-order chi connectivity index (χ1) is 6.48. The molecule has 78 valence electrons. The highest BCUT2D eigenvalue weighted by Gasteiger charge is 2.32. The molecule has 0 radical (unpaired) electrons. The summed E-state index contributed by atoms with van der Waals surface area (Å²) in [6.07, 6.45) is -1.33. The van der Waals surface area contributed by atoms with Gasteiger partial charge in [-0.3, -0.25) is 0 Å². The Morgan fingerprint density at radius 3 is 2.50 bits per heavy atom. The SMILES string of the molecule is COc1ccc(C(C)(N)C(F)F)cn1. The summed E-state index contributed by atoms with van der Waals surface area (Å²) in [5.41, 5.74) is 4.06. The number of hydrogen-bond donors (Lipinski definition) is 1. The monoisotopic (exact) mass is 202 g/mol. The third-order valence-corrected chi connectivity index (χ3v) is 2.02. The highest BCUT2D eigenvalue weighted by molar-refractivity contribution is 5.24. The van der Waals surface area contributed by atoms with Crippen molar-refractivity contribution in [1.82, 2.24) is 4.98 Å². The Hall–Kier alpha value is -1.23. The molecular weight excluding hydrogens is 190 g/mol. The van der Waals surface area contributed by atoms with Crippen LogP contribution in [0.3, 0.4) is 0 Å². The summed E-state index contributed by atoms with van der Waals surface area (Å²) in [7, 11) is 1.46. The van der Waals surface area contributed by atoms with Crippen molar-refractivity contribution in [3.8, 4) is 5.88 Å². The van der Waals surface area contributed by atoms with Crippen molar-refractivity contribution in [2.75, 3.05) is 7.11 Å². The topological polar surface area (TPSA) is 48.1 Å². The van der Waals surface area contributed by atoms with Gasteiger partial charge < -0.3 is 10.5 Å². The summed E-state index contributed by atoms with van der Waals surface area (Å²) in [5, 5.41) is 0. The first kappa shape index (κ1) is 10.8. The van der Waals surface area contributed by atoms with Gasteiger partial charge >= 0.3 is 0 Å². The molecule has 0 saturated heterocycles. The fourth-order valence-corrected chi connectivity index (χ4v) is 0.946. The number of methoxy groups -OCH3 is 1. The normalized spacial score (nSPS) is 15.3. The Morgan fingerprint density at radius 1 is 1.50 bits per heavy atom. The maximum Gasteiger partial charge on any atom is 0.260 e. The summed E-state index contributed by atoms with van der Waals surface area (Å²) in [4.78, 5) is 3.81. The molecule has 1 rings (SSSR count). The lowest BCUT2D eigenvalue weighted by atomic mass is 9.96. The van der Waals surface area contributed by atoms with Crippen LogP contribution < -0.4 is 10.5 Å². The van der Waals surface area contributed by atoms with E-state index in [2.05, 4.69) is 4.98 Å². The van der Waals surface area contributed by atoms with Gasteiger partial charge in [-0.1, -0.05) is 6.07 Å². The van der Waals surface area contributed by atoms with Gasteiger partial charge in [0.05, 0.1) is 7.11 Å². The first-order valence-electron chi connectivity index (χ1n) is 4.06. The molecule has 0 amide bonds. The van der Waals surface area contributed by atoms with Gasteiger partial charge in [-0.15, -0.1) is 0 Å². The van der Waals surface area contributed by atoms with Crippen LogP contribution in [0.15, 0.2) is 18.3 Å². The number of pyridine rings is 1. The van der Waals surface area contributed by atoms with E-state index in [1.807, 2.05) is 0 Å². The summed E-state index contributed by atoms with van der Waals surface area (Å²) in [5.74, 6) is 0.374. The van der Waals surface area contributed by atoms with Gasteiger partial charge in [0.2, 0.25) is 5.88 Å². The van der Waals surface area contributed by atoms with Gasteiger partial charge in [-0.25, -0.2) is 13.8 Å². The smallest absolute Gasteiger partial charge is 0.260 e. The maximum atomic E-state index is 12.5. The summed E-state index contributed by atoms with van der Waals surface area (Å²) >= 11 is 0. The van der Waals surface area contributed by atoms with Crippen LogP contribution in [-0.4, -0.2) is 18.5 Å². The quantitative estimate of drug-likeness (QED) is 0.808.